The minimum absolute atomic E-state index is 0.0860. The SMILES string of the molecule is CC[C@H](C)[C@@H]([C@@H](CC(=O)N1CCC[C@H]1[C@H](OC)[C@@H](C)C(=O)N[C@@H](CP)CS(N)(=O)=O)OC)N(C)C(=O)[C@@H](NC(=O)[C@@H]1[C@H]2CC[C@H](C2)N1C(=O)OCc1ccc(NC(=O)[C@H](CCCNC(N)=O)NC(=O)[C@@H](NC(=O)CCCCCN2C(=O)C=CC2=O)C(C)C)cc1)C(C)C. The number of urea groups is 1. The van der Waals surface area contributed by atoms with Gasteiger partial charge in [-0.25, -0.2) is 23.1 Å². The maximum atomic E-state index is 14.9. The number of unbranched alkanes of at least 4 members (excludes halogenated alkanes) is 2. The summed E-state index contributed by atoms with van der Waals surface area (Å²) in [6.45, 7) is 13.3. The number of nitrogens with one attached hydrogen (secondary N) is 6. The summed E-state index contributed by atoms with van der Waals surface area (Å²) in [5, 5.41) is 21.8. The van der Waals surface area contributed by atoms with Crippen LogP contribution in [0.1, 0.15) is 138 Å². The molecule has 520 valence electrons. The van der Waals surface area contributed by atoms with E-state index in [0.29, 0.717) is 75.6 Å². The van der Waals surface area contributed by atoms with E-state index in [2.05, 4.69) is 41.1 Å². The van der Waals surface area contributed by atoms with Crippen LogP contribution >= 0.6 is 9.24 Å². The predicted octanol–water partition coefficient (Wildman–Crippen LogP) is 2.38. The number of carbonyl (C=O) groups is 11. The van der Waals surface area contributed by atoms with E-state index in [1.807, 2.05) is 27.7 Å². The Balaban J connectivity index is 1.19. The molecule has 3 fully saturated rings. The van der Waals surface area contributed by atoms with Crippen molar-refractivity contribution in [1.29, 1.82) is 0 Å². The first-order valence-corrected chi connectivity index (χ1v) is 34.9. The van der Waals surface area contributed by atoms with Gasteiger partial charge in [-0.2, -0.15) is 0 Å². The fraction of sp³-hybridized carbons (Fsp3) is 0.698. The molecule has 1 aromatic carbocycles. The summed E-state index contributed by atoms with van der Waals surface area (Å²) in [5.74, 6) is -6.33. The van der Waals surface area contributed by atoms with Gasteiger partial charge >= 0.3 is 12.1 Å². The van der Waals surface area contributed by atoms with Gasteiger partial charge in [0.1, 0.15) is 30.8 Å². The fourth-order valence-corrected chi connectivity index (χ4v) is 14.3. The maximum absolute atomic E-state index is 14.9. The summed E-state index contributed by atoms with van der Waals surface area (Å²) >= 11 is 0. The van der Waals surface area contributed by atoms with Crippen molar-refractivity contribution in [2.24, 2.45) is 40.5 Å². The van der Waals surface area contributed by atoms with Gasteiger partial charge in [-0.1, -0.05) is 73.4 Å². The van der Waals surface area contributed by atoms with Crippen LogP contribution < -0.4 is 42.8 Å². The quantitative estimate of drug-likeness (QED) is 0.0269. The van der Waals surface area contributed by atoms with Gasteiger partial charge in [-0.15, -0.1) is 9.24 Å². The molecule has 28 nitrogen and oxygen atoms in total. The highest BCUT2D eigenvalue weighted by Gasteiger charge is 2.53. The average molecular weight is 1350 g/mol. The number of likely N-dealkylation sites (N-methyl/N-ethyl adjacent to an activating group) is 1. The third-order valence-corrected chi connectivity index (χ3v) is 19.7. The normalized spacial score (nSPS) is 20.7. The van der Waals surface area contributed by atoms with E-state index in [1.54, 1.807) is 61.9 Å². The van der Waals surface area contributed by atoms with Gasteiger partial charge in [0.15, 0.2) is 0 Å². The van der Waals surface area contributed by atoms with E-state index in [0.717, 1.165) is 4.90 Å². The molecule has 30 heteroatoms. The molecule has 0 spiro atoms. The lowest BCUT2D eigenvalue weighted by molar-refractivity contribution is -0.148. The number of benzene rings is 1. The zero-order valence-electron chi connectivity index (χ0n) is 55.5. The summed E-state index contributed by atoms with van der Waals surface area (Å²) in [7, 11) is 3.11. The predicted molar refractivity (Wildman–Crippen MR) is 349 cm³/mol. The number of primary amides is 1. The first-order chi connectivity index (χ1) is 43.9. The molecule has 1 aromatic rings. The van der Waals surface area contributed by atoms with Crippen molar-refractivity contribution in [3.8, 4) is 0 Å². The lowest BCUT2D eigenvalue weighted by Crippen LogP contribution is -2.60. The number of sulfonamides is 1. The molecule has 2 bridgehead atoms. The second kappa shape index (κ2) is 36.2. The number of amides is 12. The Bertz CT molecular complexity index is 2920. The van der Waals surface area contributed by atoms with Gasteiger partial charge in [0.2, 0.25) is 51.4 Å². The van der Waals surface area contributed by atoms with E-state index in [-0.39, 0.29) is 99.0 Å². The molecule has 0 aromatic heterocycles. The van der Waals surface area contributed by atoms with Crippen molar-refractivity contribution < 1.29 is 75.4 Å². The van der Waals surface area contributed by atoms with Crippen molar-refractivity contribution in [2.45, 2.75) is 199 Å². The van der Waals surface area contributed by atoms with Gasteiger partial charge < -0.3 is 61.6 Å². The van der Waals surface area contributed by atoms with Crippen LogP contribution in [0.25, 0.3) is 0 Å². The number of nitrogens with zero attached hydrogens (tertiary/aromatic N) is 4. The molecule has 3 aliphatic heterocycles. The number of rotatable bonds is 37. The zero-order valence-corrected chi connectivity index (χ0v) is 57.5. The van der Waals surface area contributed by atoms with E-state index >= 15 is 0 Å². The molecule has 1 unspecified atom stereocenters. The van der Waals surface area contributed by atoms with Crippen LogP contribution in [0.2, 0.25) is 0 Å². The van der Waals surface area contributed by atoms with E-state index < -0.39 is 124 Å². The number of piperidine rings is 1. The Kier molecular flexibility index (Phi) is 29.9. The third-order valence-electron chi connectivity index (χ3n) is 18.3. The maximum Gasteiger partial charge on any atom is 0.411 e. The summed E-state index contributed by atoms with van der Waals surface area (Å²) in [5.41, 5.74) is 6.15. The lowest BCUT2D eigenvalue weighted by Gasteiger charge is -2.41. The number of likely N-dealkylation sites (tertiary alicyclic amines) is 2. The highest BCUT2D eigenvalue weighted by molar-refractivity contribution is 7.89. The number of imide groups is 1. The number of hydrogen-bond acceptors (Lipinski definition) is 16. The number of ether oxygens (including phenoxy) is 3. The highest BCUT2D eigenvalue weighted by Crippen LogP contribution is 2.43. The van der Waals surface area contributed by atoms with Gasteiger partial charge in [0.25, 0.3) is 11.8 Å². The molecule has 1 aliphatic carbocycles. The monoisotopic (exact) mass is 1340 g/mol. The van der Waals surface area contributed by atoms with Crippen molar-refractivity contribution in [2.75, 3.05) is 58.1 Å². The smallest absolute Gasteiger partial charge is 0.411 e. The molecule has 14 atom stereocenters. The molecule has 2 saturated heterocycles. The van der Waals surface area contributed by atoms with Crippen LogP contribution in [-0.4, -0.2) is 207 Å². The van der Waals surface area contributed by atoms with E-state index in [4.69, 9.17) is 25.1 Å². The largest absolute Gasteiger partial charge is 0.445 e. The Morgan fingerprint density at radius 1 is 0.806 bits per heavy atom. The summed E-state index contributed by atoms with van der Waals surface area (Å²) < 4.78 is 41.5. The number of nitrogens with two attached hydrogens (primary N) is 2. The van der Waals surface area contributed by atoms with Crippen LogP contribution in [0.4, 0.5) is 15.3 Å². The molecule has 0 radical (unpaired) electrons. The molecule has 12 amide bonds. The highest BCUT2D eigenvalue weighted by atomic mass is 32.2. The molecule has 5 rings (SSSR count). The van der Waals surface area contributed by atoms with Crippen LogP contribution in [0.3, 0.4) is 0 Å². The Labute approximate surface area is 549 Å². The summed E-state index contributed by atoms with van der Waals surface area (Å²) in [4.78, 5) is 153. The molecule has 93 heavy (non-hydrogen) atoms. The number of carbonyl (C=O) groups excluding carboxylic acids is 11. The first kappa shape index (κ1) is 76.9. The molecule has 1 saturated carbocycles. The van der Waals surface area contributed by atoms with E-state index in [9.17, 15) is 61.2 Å². The second-order valence-electron chi connectivity index (χ2n) is 25.7. The van der Waals surface area contributed by atoms with Crippen LogP contribution in [0.15, 0.2) is 36.4 Å². The summed E-state index contributed by atoms with van der Waals surface area (Å²) in [6.07, 6.45) is 5.96. The summed E-state index contributed by atoms with van der Waals surface area (Å²) in [6, 6.07) is -0.521. The van der Waals surface area contributed by atoms with Crippen molar-refractivity contribution >= 4 is 90.2 Å². The van der Waals surface area contributed by atoms with Gasteiger partial charge in [-0.3, -0.25) is 53.0 Å². The Hall–Kier alpha value is -6.81. The average Bonchev–Trinajstić information content (AvgIpc) is 1.63. The minimum atomic E-state index is -3.88. The van der Waals surface area contributed by atoms with Gasteiger partial charge in [0.05, 0.1) is 42.4 Å². The van der Waals surface area contributed by atoms with Crippen LogP contribution in [0, 0.1) is 29.6 Å². The Morgan fingerprint density at radius 2 is 1.47 bits per heavy atom. The van der Waals surface area contributed by atoms with Gasteiger partial charge in [0, 0.05) is 77.2 Å². The van der Waals surface area contributed by atoms with Crippen molar-refractivity contribution in [3.05, 3.63) is 42.0 Å². The molecular weight excluding hydrogens is 1240 g/mol. The van der Waals surface area contributed by atoms with Gasteiger partial charge in [-0.05, 0) is 105 Å². The number of anilines is 1. The minimum Gasteiger partial charge on any atom is -0.445 e. The van der Waals surface area contributed by atoms with Crippen molar-refractivity contribution in [3.63, 3.8) is 0 Å². The topological polar surface area (TPSA) is 387 Å². The molecule has 10 N–H and O–H groups in total. The fourth-order valence-electron chi connectivity index (χ4n) is 13.0. The number of hydrogen-bond donors (Lipinski definition) is 8. The second-order valence-corrected chi connectivity index (χ2v) is 27.8. The number of fused-ring (bicyclic) bond motifs is 2. The lowest BCUT2D eigenvalue weighted by atomic mass is 9.89. The Morgan fingerprint density at radius 3 is 2.06 bits per heavy atom. The zero-order chi connectivity index (χ0) is 69.0. The van der Waals surface area contributed by atoms with Crippen LogP contribution in [0.5, 0.6) is 0 Å². The first-order valence-electron chi connectivity index (χ1n) is 32.4. The standard InChI is InChI=1S/C63H101N12O16PS/c1-11-38(6)54(47(89-9)32-51(79)73-30-16-18-46(73)56(90-10)39(7)57(80)68-43(34-92)35-93(65,87)88)72(8)61(84)53(37(4)5)71-60(83)55-41-22-25-44(31-41)75(55)63(86)91-33-40-20-23-42(24-21-40)67-58(81)45(17-15-28-66-62(64)85)69-59(82)52(36(2)3)70-48(76)19-13-12-14-29-74-49(77)26-27-50(74)78/h20-21,23-24,26-27,36-39,41,43-47,52-56H,11-19,22,25,28-35,92H2,1-10H3,(H,67,81)(H,68,80)(H,69,82)(H,70,76)(H,71,83)(H3,64,66,85)(H2,65,87,88)/t38-,39+,41-,43-,44+,45-,46-,47+,52-,53-,54-,55-,56+/m0/s1. The van der Waals surface area contributed by atoms with E-state index in [1.165, 1.54) is 31.3 Å². The molecule has 3 heterocycles. The number of primary sulfonamides is 1. The molecular formula is C63H101N12O16PS. The molecule has 4 aliphatic rings. The van der Waals surface area contributed by atoms with Crippen molar-refractivity contribution in [1.82, 2.24) is 46.2 Å². The third kappa shape index (κ3) is 21.9. The number of methoxy groups -OCH3 is 2. The van der Waals surface area contributed by atoms with Crippen LogP contribution in [-0.2, 0) is 74.0 Å².